The monoisotopic (exact) mass is 392 g/mol. The highest BCUT2D eigenvalue weighted by molar-refractivity contribution is 14.1. The van der Waals surface area contributed by atoms with Crippen molar-refractivity contribution in [3.8, 4) is 0 Å². The van der Waals surface area contributed by atoms with Crippen molar-refractivity contribution < 1.29 is 0 Å². The summed E-state index contributed by atoms with van der Waals surface area (Å²) >= 11 is 9.02. The molecule has 0 aliphatic carbocycles. The fraction of sp³-hybridized carbons (Fsp3) is 0.111. The van der Waals surface area contributed by atoms with Gasteiger partial charge in [-0.15, -0.1) is 11.6 Å². The number of alkyl halides is 1. The number of rotatable bonds is 2. The van der Waals surface area contributed by atoms with E-state index in [1.165, 1.54) is 25.5 Å². The molecule has 0 aliphatic rings. The Morgan fingerprint density at radius 2 is 1.50 bits per heavy atom. The largest absolute Gasteiger partial charge is 0.113 e. The predicted molar refractivity (Wildman–Crippen MR) is 95.5 cm³/mol. The molecule has 3 aromatic carbocycles. The summed E-state index contributed by atoms with van der Waals surface area (Å²) in [5, 5.41) is 2.41. The Balaban J connectivity index is 2.14. The van der Waals surface area contributed by atoms with Crippen molar-refractivity contribution in [1.29, 1.82) is 0 Å². The van der Waals surface area contributed by atoms with E-state index in [1.54, 1.807) is 0 Å². The normalized spacial score (nSPS) is 12.6. The molecule has 0 N–H and O–H groups in total. The van der Waals surface area contributed by atoms with Gasteiger partial charge in [-0.2, -0.15) is 0 Å². The van der Waals surface area contributed by atoms with Crippen LogP contribution in [0.5, 0.6) is 0 Å². The summed E-state index contributed by atoms with van der Waals surface area (Å²) in [5.41, 5.74) is 3.60. The molecule has 20 heavy (non-hydrogen) atoms. The molecular weight excluding hydrogens is 379 g/mol. The lowest BCUT2D eigenvalue weighted by atomic mass is 9.95. The molecule has 1 atom stereocenters. The van der Waals surface area contributed by atoms with Gasteiger partial charge in [-0.1, -0.05) is 48.5 Å². The molecule has 0 nitrogen and oxygen atoms in total. The number of benzene rings is 3. The summed E-state index contributed by atoms with van der Waals surface area (Å²) in [6.07, 6.45) is 0. The van der Waals surface area contributed by atoms with Gasteiger partial charge in [0.15, 0.2) is 0 Å². The van der Waals surface area contributed by atoms with Crippen LogP contribution in [0.1, 0.15) is 22.1 Å². The van der Waals surface area contributed by atoms with Gasteiger partial charge < -0.3 is 0 Å². The van der Waals surface area contributed by atoms with E-state index >= 15 is 0 Å². The third-order valence-corrected chi connectivity index (χ3v) is 4.82. The lowest BCUT2D eigenvalue weighted by Gasteiger charge is -2.15. The topological polar surface area (TPSA) is 0 Å². The Morgan fingerprint density at radius 3 is 2.20 bits per heavy atom. The van der Waals surface area contributed by atoms with Crippen LogP contribution in [0.2, 0.25) is 0 Å². The van der Waals surface area contributed by atoms with Crippen molar-refractivity contribution in [3.63, 3.8) is 0 Å². The molecule has 0 radical (unpaired) electrons. The highest BCUT2D eigenvalue weighted by Crippen LogP contribution is 2.35. The standard InChI is InChI=1S/C18H14ClI/c1-12-6-11-17(16-5-3-2-4-15(12)16)18(19)13-7-9-14(20)10-8-13/h2-11,18H,1H3. The minimum absolute atomic E-state index is 0.113. The van der Waals surface area contributed by atoms with Crippen molar-refractivity contribution >= 4 is 45.0 Å². The third kappa shape index (κ3) is 2.57. The Bertz CT molecular complexity index is 747. The van der Waals surface area contributed by atoms with Crippen molar-refractivity contribution in [2.45, 2.75) is 12.3 Å². The molecule has 1 unspecified atom stereocenters. The molecule has 0 bridgehead atoms. The van der Waals surface area contributed by atoms with Crippen LogP contribution < -0.4 is 0 Å². The van der Waals surface area contributed by atoms with Crippen molar-refractivity contribution in [2.24, 2.45) is 0 Å². The maximum atomic E-state index is 6.71. The molecule has 0 spiro atoms. The lowest BCUT2D eigenvalue weighted by molar-refractivity contribution is 1.15. The summed E-state index contributed by atoms with van der Waals surface area (Å²) in [5.74, 6) is 0. The molecule has 2 heteroatoms. The van der Waals surface area contributed by atoms with Gasteiger partial charge in [0.05, 0.1) is 5.38 Å². The Hall–Kier alpha value is -1.06. The molecule has 0 saturated heterocycles. The fourth-order valence-corrected chi connectivity index (χ4v) is 3.20. The summed E-state index contributed by atoms with van der Waals surface area (Å²) in [7, 11) is 0. The molecule has 0 aliphatic heterocycles. The molecule has 0 fully saturated rings. The predicted octanol–water partition coefficient (Wildman–Crippen LogP) is 6.08. The van der Waals surface area contributed by atoms with Gasteiger partial charge in [0, 0.05) is 3.57 Å². The van der Waals surface area contributed by atoms with Gasteiger partial charge >= 0.3 is 0 Å². The number of halogens is 2. The smallest absolute Gasteiger partial charge is 0.0841 e. The van der Waals surface area contributed by atoms with Crippen LogP contribution in [-0.4, -0.2) is 0 Å². The second-order valence-electron chi connectivity index (χ2n) is 4.93. The van der Waals surface area contributed by atoms with E-state index in [0.717, 1.165) is 5.56 Å². The first-order chi connectivity index (χ1) is 9.66. The summed E-state index contributed by atoms with van der Waals surface area (Å²) in [6.45, 7) is 2.14. The lowest BCUT2D eigenvalue weighted by Crippen LogP contribution is -1.95. The van der Waals surface area contributed by atoms with Crippen LogP contribution in [0.25, 0.3) is 10.8 Å². The van der Waals surface area contributed by atoms with E-state index in [-0.39, 0.29) is 5.38 Å². The van der Waals surface area contributed by atoms with Crippen LogP contribution in [0, 0.1) is 10.5 Å². The molecular formula is C18H14ClI. The van der Waals surface area contributed by atoms with Crippen LogP contribution >= 0.6 is 34.2 Å². The summed E-state index contributed by atoms with van der Waals surface area (Å²) < 4.78 is 1.23. The fourth-order valence-electron chi connectivity index (χ4n) is 2.51. The number of aryl methyl sites for hydroxylation is 1. The Morgan fingerprint density at radius 1 is 0.850 bits per heavy atom. The minimum atomic E-state index is -0.113. The zero-order valence-corrected chi connectivity index (χ0v) is 14.0. The van der Waals surface area contributed by atoms with E-state index in [9.17, 15) is 0 Å². The highest BCUT2D eigenvalue weighted by Gasteiger charge is 2.14. The first-order valence-electron chi connectivity index (χ1n) is 6.54. The van der Waals surface area contributed by atoms with Gasteiger partial charge in [-0.25, -0.2) is 0 Å². The quantitative estimate of drug-likeness (QED) is 0.366. The van der Waals surface area contributed by atoms with Gasteiger partial charge in [0.1, 0.15) is 0 Å². The van der Waals surface area contributed by atoms with Crippen LogP contribution in [0.3, 0.4) is 0 Å². The second-order valence-corrected chi connectivity index (χ2v) is 6.61. The van der Waals surface area contributed by atoms with Crippen molar-refractivity contribution in [1.82, 2.24) is 0 Å². The van der Waals surface area contributed by atoms with E-state index in [4.69, 9.17) is 11.6 Å². The summed E-state index contributed by atoms with van der Waals surface area (Å²) in [6, 6.07) is 21.2. The molecule has 0 saturated carbocycles. The first kappa shape index (κ1) is 13.9. The van der Waals surface area contributed by atoms with Gasteiger partial charge in [-0.3, -0.25) is 0 Å². The Labute approximate surface area is 137 Å². The third-order valence-electron chi connectivity index (χ3n) is 3.61. The first-order valence-corrected chi connectivity index (χ1v) is 8.06. The molecule has 3 rings (SSSR count). The average Bonchev–Trinajstić information content (AvgIpc) is 2.48. The van der Waals surface area contributed by atoms with Gasteiger partial charge in [-0.05, 0) is 69.1 Å². The molecule has 100 valence electrons. The van der Waals surface area contributed by atoms with Crippen LogP contribution in [0.15, 0.2) is 60.7 Å². The van der Waals surface area contributed by atoms with Crippen LogP contribution in [0.4, 0.5) is 0 Å². The molecule has 0 aromatic heterocycles. The number of fused-ring (bicyclic) bond motifs is 1. The van der Waals surface area contributed by atoms with Gasteiger partial charge in [0.2, 0.25) is 0 Å². The Kier molecular flexibility index (Phi) is 3.99. The van der Waals surface area contributed by atoms with E-state index in [2.05, 4.69) is 90.2 Å². The number of hydrogen-bond donors (Lipinski definition) is 0. The average molecular weight is 393 g/mol. The highest BCUT2D eigenvalue weighted by atomic mass is 127. The molecule has 3 aromatic rings. The van der Waals surface area contributed by atoms with Gasteiger partial charge in [0.25, 0.3) is 0 Å². The maximum Gasteiger partial charge on any atom is 0.0841 e. The zero-order valence-electron chi connectivity index (χ0n) is 11.1. The summed E-state index contributed by atoms with van der Waals surface area (Å²) in [4.78, 5) is 0. The van der Waals surface area contributed by atoms with Crippen molar-refractivity contribution in [2.75, 3.05) is 0 Å². The SMILES string of the molecule is Cc1ccc(C(Cl)c2ccc(I)cc2)c2ccccc12. The second kappa shape index (κ2) is 5.74. The zero-order chi connectivity index (χ0) is 14.1. The van der Waals surface area contributed by atoms with E-state index in [1.807, 2.05) is 0 Å². The minimum Gasteiger partial charge on any atom is -0.113 e. The number of hydrogen-bond acceptors (Lipinski definition) is 0. The molecule has 0 heterocycles. The van der Waals surface area contributed by atoms with E-state index < -0.39 is 0 Å². The van der Waals surface area contributed by atoms with E-state index in [0.29, 0.717) is 0 Å². The maximum absolute atomic E-state index is 6.71. The van der Waals surface area contributed by atoms with Crippen LogP contribution in [-0.2, 0) is 0 Å². The van der Waals surface area contributed by atoms with Crippen molar-refractivity contribution in [3.05, 3.63) is 80.9 Å². The molecule has 0 amide bonds.